The number of carbonyl (C=O) groups is 2. The number of rotatable bonds is 6. The third-order valence-electron chi connectivity index (χ3n) is 6.96. The van der Waals surface area contributed by atoms with Gasteiger partial charge in [0.05, 0.1) is 12.2 Å². The van der Waals surface area contributed by atoms with Crippen LogP contribution in [0.15, 0.2) is 48.5 Å². The Morgan fingerprint density at radius 1 is 0.882 bits per heavy atom. The number of benzene rings is 2. The largest absolute Gasteiger partial charge is 0.493 e. The predicted octanol–water partition coefficient (Wildman–Crippen LogP) is 3.43. The first kappa shape index (κ1) is 24.1. The molecule has 8 heteroatoms. The molecule has 0 saturated carbocycles. The molecule has 0 spiro atoms. The van der Waals surface area contributed by atoms with Gasteiger partial charge in [-0.25, -0.2) is 8.78 Å². The molecule has 2 aliphatic heterocycles. The van der Waals surface area contributed by atoms with Crippen LogP contribution in [0.25, 0.3) is 0 Å². The molecule has 0 unspecified atom stereocenters. The Kier molecular flexibility index (Phi) is 7.46. The summed E-state index contributed by atoms with van der Waals surface area (Å²) in [6, 6.07) is 11.8. The summed E-state index contributed by atoms with van der Waals surface area (Å²) in [5.74, 6) is -0.583. The van der Waals surface area contributed by atoms with Crippen LogP contribution >= 0.6 is 0 Å². The molecular formula is C26H31F2N3O3. The van der Waals surface area contributed by atoms with Gasteiger partial charge in [-0.3, -0.25) is 9.59 Å². The van der Waals surface area contributed by atoms with Crippen molar-refractivity contribution in [2.75, 3.05) is 52.9 Å². The Balaban J connectivity index is 1.45. The molecule has 0 N–H and O–H groups in total. The van der Waals surface area contributed by atoms with E-state index in [0.717, 1.165) is 13.1 Å². The smallest absolute Gasteiger partial charge is 0.256 e. The van der Waals surface area contributed by atoms with Gasteiger partial charge in [-0.2, -0.15) is 0 Å². The molecule has 2 fully saturated rings. The number of piperazine rings is 1. The van der Waals surface area contributed by atoms with Crippen LogP contribution < -0.4 is 4.74 Å². The van der Waals surface area contributed by atoms with Crippen molar-refractivity contribution in [2.24, 2.45) is 5.41 Å². The number of ether oxygens (including phenoxy) is 1. The summed E-state index contributed by atoms with van der Waals surface area (Å²) >= 11 is 0. The maximum absolute atomic E-state index is 14.1. The number of carbonyl (C=O) groups excluding carboxylic acids is 2. The van der Waals surface area contributed by atoms with E-state index in [4.69, 9.17) is 4.74 Å². The van der Waals surface area contributed by atoms with Gasteiger partial charge in [0.2, 0.25) is 5.91 Å². The molecule has 182 valence electrons. The van der Waals surface area contributed by atoms with Gasteiger partial charge in [-0.15, -0.1) is 0 Å². The summed E-state index contributed by atoms with van der Waals surface area (Å²) in [5.41, 5.74) is -0.396. The third-order valence-corrected chi connectivity index (χ3v) is 6.96. The van der Waals surface area contributed by atoms with Crippen LogP contribution in [0, 0.1) is 17.0 Å². The molecule has 2 aromatic carbocycles. The number of piperidine rings is 1. The molecule has 2 heterocycles. The number of likely N-dealkylation sites (tertiary alicyclic amines) is 1. The first-order chi connectivity index (χ1) is 16.3. The molecule has 0 radical (unpaired) electrons. The monoisotopic (exact) mass is 471 g/mol. The van der Waals surface area contributed by atoms with E-state index in [0.29, 0.717) is 57.8 Å². The number of hydrogen-bond donors (Lipinski definition) is 0. The summed E-state index contributed by atoms with van der Waals surface area (Å²) in [6.45, 7) is 4.20. The minimum atomic E-state index is -0.533. The molecule has 6 nitrogen and oxygen atoms in total. The molecule has 0 aromatic heterocycles. The lowest BCUT2D eigenvalue weighted by molar-refractivity contribution is -0.136. The number of nitrogens with zero attached hydrogens (tertiary/aromatic N) is 3. The molecule has 4 rings (SSSR count). The topological polar surface area (TPSA) is 53.1 Å². The van der Waals surface area contributed by atoms with E-state index in [9.17, 15) is 18.4 Å². The Morgan fingerprint density at radius 2 is 1.53 bits per heavy atom. The van der Waals surface area contributed by atoms with Gasteiger partial charge in [0.25, 0.3) is 5.91 Å². The van der Waals surface area contributed by atoms with Crippen LogP contribution in [0.2, 0.25) is 0 Å². The number of hydrogen-bond acceptors (Lipinski definition) is 4. The molecular weight excluding hydrogens is 440 g/mol. The molecule has 2 aromatic rings. The summed E-state index contributed by atoms with van der Waals surface area (Å²) in [4.78, 5) is 31.8. The summed E-state index contributed by atoms with van der Waals surface area (Å²) in [5, 5.41) is 0. The standard InChI is InChI=1S/C26H31F2N3O3/c1-29-14-16-30(17-15-29)24(32)18-26(19-34-21-8-6-20(27)7-9-21)10-12-31(13-11-26)25(33)22-4-2-3-5-23(22)28/h2-9H,10-19H2,1H3. The minimum Gasteiger partial charge on any atom is -0.493 e. The van der Waals surface area contributed by atoms with Crippen molar-refractivity contribution in [2.45, 2.75) is 19.3 Å². The Bertz CT molecular complexity index is 999. The van der Waals surface area contributed by atoms with Crippen LogP contribution in [-0.4, -0.2) is 79.4 Å². The molecule has 2 aliphatic rings. The van der Waals surface area contributed by atoms with Crippen molar-refractivity contribution < 1.29 is 23.1 Å². The van der Waals surface area contributed by atoms with Crippen LogP contribution in [-0.2, 0) is 4.79 Å². The normalized spacial score (nSPS) is 18.6. The maximum atomic E-state index is 14.1. The molecule has 0 atom stereocenters. The van der Waals surface area contributed by atoms with E-state index in [1.165, 1.54) is 24.3 Å². The molecule has 0 bridgehead atoms. The zero-order valence-electron chi connectivity index (χ0n) is 19.5. The van der Waals surface area contributed by atoms with Crippen molar-refractivity contribution in [3.05, 3.63) is 65.7 Å². The van der Waals surface area contributed by atoms with Crippen molar-refractivity contribution in [1.29, 1.82) is 0 Å². The second-order valence-corrected chi connectivity index (χ2v) is 9.38. The maximum Gasteiger partial charge on any atom is 0.256 e. The zero-order valence-corrected chi connectivity index (χ0v) is 19.5. The number of halogens is 2. The van der Waals surface area contributed by atoms with Crippen molar-refractivity contribution in [3.8, 4) is 5.75 Å². The lowest BCUT2D eigenvalue weighted by Gasteiger charge is -2.42. The molecule has 0 aliphatic carbocycles. The van der Waals surface area contributed by atoms with Crippen LogP contribution in [0.3, 0.4) is 0 Å². The van der Waals surface area contributed by atoms with Gasteiger partial charge in [0.15, 0.2) is 0 Å². The Labute approximate surface area is 199 Å². The van der Waals surface area contributed by atoms with Gasteiger partial charge < -0.3 is 19.4 Å². The highest BCUT2D eigenvalue weighted by Crippen LogP contribution is 2.37. The highest BCUT2D eigenvalue weighted by atomic mass is 19.1. The van der Waals surface area contributed by atoms with Crippen molar-refractivity contribution in [3.63, 3.8) is 0 Å². The predicted molar refractivity (Wildman–Crippen MR) is 125 cm³/mol. The SMILES string of the molecule is CN1CCN(C(=O)CC2(COc3ccc(F)cc3)CCN(C(=O)c3ccccc3F)CC2)CC1. The fraction of sp³-hybridized carbons (Fsp3) is 0.462. The Hall–Kier alpha value is -3.00. The zero-order chi connectivity index (χ0) is 24.1. The average molecular weight is 472 g/mol. The molecule has 2 amide bonds. The second kappa shape index (κ2) is 10.5. The van der Waals surface area contributed by atoms with E-state index < -0.39 is 11.2 Å². The van der Waals surface area contributed by atoms with Gasteiger partial charge in [0.1, 0.15) is 17.4 Å². The van der Waals surface area contributed by atoms with E-state index in [2.05, 4.69) is 4.90 Å². The van der Waals surface area contributed by atoms with Crippen LogP contribution in [0.5, 0.6) is 5.75 Å². The quantitative estimate of drug-likeness (QED) is 0.648. The summed E-state index contributed by atoms with van der Waals surface area (Å²) in [7, 11) is 2.04. The van der Waals surface area contributed by atoms with Crippen LogP contribution in [0.1, 0.15) is 29.6 Å². The van der Waals surface area contributed by atoms with Crippen molar-refractivity contribution in [1.82, 2.24) is 14.7 Å². The van der Waals surface area contributed by atoms with Gasteiger partial charge in [0, 0.05) is 51.1 Å². The highest BCUT2D eigenvalue weighted by molar-refractivity contribution is 5.94. The summed E-state index contributed by atoms with van der Waals surface area (Å²) < 4.78 is 33.4. The van der Waals surface area contributed by atoms with Gasteiger partial charge in [-0.05, 0) is 56.3 Å². The lowest BCUT2D eigenvalue weighted by Crippen LogP contribution is -2.51. The fourth-order valence-electron chi connectivity index (χ4n) is 4.62. The molecule has 34 heavy (non-hydrogen) atoms. The third kappa shape index (κ3) is 5.73. The number of amides is 2. The summed E-state index contributed by atoms with van der Waals surface area (Å²) in [6.07, 6.45) is 1.45. The average Bonchev–Trinajstić information content (AvgIpc) is 2.84. The minimum absolute atomic E-state index is 0.0612. The van der Waals surface area contributed by atoms with Crippen LogP contribution in [0.4, 0.5) is 8.78 Å². The second-order valence-electron chi connectivity index (χ2n) is 9.38. The van der Waals surface area contributed by atoms with E-state index in [-0.39, 0.29) is 23.2 Å². The van der Waals surface area contributed by atoms with E-state index >= 15 is 0 Å². The van der Waals surface area contributed by atoms with Gasteiger partial charge in [-0.1, -0.05) is 12.1 Å². The Morgan fingerprint density at radius 3 is 2.18 bits per heavy atom. The first-order valence-corrected chi connectivity index (χ1v) is 11.7. The highest BCUT2D eigenvalue weighted by Gasteiger charge is 2.40. The molecule has 2 saturated heterocycles. The first-order valence-electron chi connectivity index (χ1n) is 11.7. The van der Waals surface area contributed by atoms with Crippen molar-refractivity contribution >= 4 is 11.8 Å². The van der Waals surface area contributed by atoms with E-state index in [1.807, 2.05) is 11.9 Å². The van der Waals surface area contributed by atoms with E-state index in [1.54, 1.807) is 29.2 Å². The van der Waals surface area contributed by atoms with Gasteiger partial charge >= 0.3 is 0 Å². The fourth-order valence-corrected chi connectivity index (χ4v) is 4.62. The number of likely N-dealkylation sites (N-methyl/N-ethyl adjacent to an activating group) is 1. The lowest BCUT2D eigenvalue weighted by atomic mass is 9.75.